The molecule has 0 aromatic heterocycles. The highest BCUT2D eigenvalue weighted by molar-refractivity contribution is 7.32. The van der Waals surface area contributed by atoms with Crippen molar-refractivity contribution in [2.24, 2.45) is 0 Å². The van der Waals surface area contributed by atoms with Crippen LogP contribution in [0, 0.1) is 0 Å². The first-order chi connectivity index (χ1) is 22.4. The van der Waals surface area contributed by atoms with Crippen molar-refractivity contribution in [1.29, 1.82) is 0 Å². The van der Waals surface area contributed by atoms with Crippen LogP contribution >= 0.6 is 0 Å². The highest BCUT2D eigenvalue weighted by Crippen LogP contribution is 2.17. The predicted molar refractivity (Wildman–Crippen MR) is 198 cm³/mol. The normalized spacial score (nSPS) is 15.0. The second-order valence-corrected chi connectivity index (χ2v) is 19.8. The monoisotopic (exact) mass is 602 g/mol. The molecule has 7 aromatic rings. The second kappa shape index (κ2) is 10.3. The molecule has 45 heavy (non-hydrogen) atoms. The van der Waals surface area contributed by atoms with Gasteiger partial charge < -0.3 is 0 Å². The molecule has 210 valence electrons. The van der Waals surface area contributed by atoms with E-state index in [9.17, 15) is 0 Å². The molecule has 7 aromatic carbocycles. The fraction of sp³-hybridized carbons (Fsp3) is 0. The lowest BCUT2D eigenvalue weighted by Gasteiger charge is -2.49. The molecular formula is C42H31BSi2. The van der Waals surface area contributed by atoms with Gasteiger partial charge in [0.1, 0.15) is 0 Å². The summed E-state index contributed by atoms with van der Waals surface area (Å²) in [6.07, 6.45) is 0. The van der Waals surface area contributed by atoms with Crippen LogP contribution in [0.4, 0.5) is 0 Å². The molecule has 0 spiro atoms. The predicted octanol–water partition coefficient (Wildman–Crippen LogP) is 1.58. The molecule has 0 unspecified atom stereocenters. The van der Waals surface area contributed by atoms with E-state index in [1.54, 1.807) is 15.8 Å². The minimum atomic E-state index is -2.70. The van der Waals surface area contributed by atoms with Gasteiger partial charge in [0, 0.05) is 0 Å². The van der Waals surface area contributed by atoms with Crippen molar-refractivity contribution in [3.05, 3.63) is 188 Å². The van der Waals surface area contributed by atoms with E-state index in [-0.39, 0.29) is 6.71 Å². The van der Waals surface area contributed by atoms with E-state index >= 15 is 0 Å². The summed E-state index contributed by atoms with van der Waals surface area (Å²) in [5.41, 5.74) is 4.48. The number of rotatable bonds is 4. The van der Waals surface area contributed by atoms with Crippen molar-refractivity contribution < 1.29 is 0 Å². The molecule has 0 saturated carbocycles. The summed E-state index contributed by atoms with van der Waals surface area (Å²) in [4.78, 5) is 0. The summed E-state index contributed by atoms with van der Waals surface area (Å²) in [5, 5.41) is 11.9. The van der Waals surface area contributed by atoms with Crippen LogP contribution in [0.3, 0.4) is 0 Å². The molecule has 0 aliphatic carbocycles. The van der Waals surface area contributed by atoms with Gasteiger partial charge in [-0.05, 0) is 41.5 Å². The van der Waals surface area contributed by atoms with Crippen molar-refractivity contribution in [2.45, 2.75) is 0 Å². The van der Waals surface area contributed by atoms with Crippen LogP contribution in [0.5, 0.6) is 0 Å². The summed E-state index contributed by atoms with van der Waals surface area (Å²) in [7, 11) is -5.39. The zero-order valence-electron chi connectivity index (χ0n) is 25.0. The quantitative estimate of drug-likeness (QED) is 0.269. The van der Waals surface area contributed by atoms with Crippen LogP contribution in [-0.4, -0.2) is 22.9 Å². The Balaban J connectivity index is 1.52. The Bertz CT molecular complexity index is 1930. The summed E-state index contributed by atoms with van der Waals surface area (Å²) in [5.74, 6) is 0. The molecule has 0 N–H and O–H groups in total. The van der Waals surface area contributed by atoms with Gasteiger partial charge >= 0.3 is 0 Å². The lowest BCUT2D eigenvalue weighted by molar-refractivity contribution is 1.65. The van der Waals surface area contributed by atoms with Crippen LogP contribution in [0.1, 0.15) is 0 Å². The Hall–Kier alpha value is -4.96. The zero-order chi connectivity index (χ0) is 29.8. The van der Waals surface area contributed by atoms with E-state index in [4.69, 9.17) is 0 Å². The summed E-state index contributed by atoms with van der Waals surface area (Å²) < 4.78 is 0. The van der Waals surface area contributed by atoms with E-state index in [0.717, 1.165) is 0 Å². The molecule has 0 fully saturated rings. The van der Waals surface area contributed by atoms with E-state index in [1.807, 2.05) is 0 Å². The van der Waals surface area contributed by atoms with Crippen LogP contribution in [0.25, 0.3) is 0 Å². The first kappa shape index (κ1) is 26.4. The number of hydrogen-bond donors (Lipinski definition) is 0. The molecule has 2 aliphatic heterocycles. The maximum Gasteiger partial charge on any atom is 0.240 e. The first-order valence-electron chi connectivity index (χ1n) is 15.9. The third kappa shape index (κ3) is 3.54. The molecule has 0 radical (unpaired) electrons. The summed E-state index contributed by atoms with van der Waals surface area (Å²) >= 11 is 0. The van der Waals surface area contributed by atoms with Gasteiger partial charge in [0.25, 0.3) is 0 Å². The third-order valence-corrected chi connectivity index (χ3v) is 20.2. The minimum Gasteiger partial charge on any atom is -0.0683 e. The standard InChI is InChI=1S/C42H31BSi2/c1-5-18-32(19-6-1)44(33-20-7-2-8-21-33)38-28-15-13-26-36(38)43-37-27-14-16-29-39(37)45(34-22-9-3-10-23-34,35-24-11-4-12-25-35)41-31-17-30-40(44)42(41)43/h1-31H. The lowest BCUT2D eigenvalue weighted by atomic mass is 9.36. The summed E-state index contributed by atoms with van der Waals surface area (Å²) in [6, 6.07) is 71.9. The number of hydrogen-bond acceptors (Lipinski definition) is 0. The average Bonchev–Trinajstić information content (AvgIpc) is 3.13. The van der Waals surface area contributed by atoms with Gasteiger partial charge in [-0.15, -0.1) is 0 Å². The number of benzene rings is 7. The van der Waals surface area contributed by atoms with Gasteiger partial charge in [-0.3, -0.25) is 0 Å². The van der Waals surface area contributed by atoms with Crippen molar-refractivity contribution in [3.8, 4) is 0 Å². The van der Waals surface area contributed by atoms with Gasteiger partial charge in [-0.25, -0.2) is 0 Å². The largest absolute Gasteiger partial charge is 0.240 e. The number of fused-ring (bicyclic) bond motifs is 4. The fourth-order valence-corrected chi connectivity index (χ4v) is 19.5. The van der Waals surface area contributed by atoms with Crippen molar-refractivity contribution in [3.63, 3.8) is 0 Å². The van der Waals surface area contributed by atoms with E-state index in [2.05, 4.69) is 188 Å². The van der Waals surface area contributed by atoms with Crippen LogP contribution < -0.4 is 57.9 Å². The van der Waals surface area contributed by atoms with E-state index < -0.39 is 16.1 Å². The molecule has 2 heterocycles. The maximum absolute atomic E-state index is 2.70. The van der Waals surface area contributed by atoms with Crippen LogP contribution in [0.15, 0.2) is 188 Å². The van der Waals surface area contributed by atoms with Crippen LogP contribution in [-0.2, 0) is 0 Å². The molecule has 2 aliphatic rings. The van der Waals surface area contributed by atoms with Gasteiger partial charge in [-0.2, -0.15) is 0 Å². The van der Waals surface area contributed by atoms with Crippen LogP contribution in [0.2, 0.25) is 0 Å². The first-order valence-corrected chi connectivity index (χ1v) is 19.9. The van der Waals surface area contributed by atoms with Gasteiger partial charge in [0.05, 0.1) is 0 Å². The molecule has 0 atom stereocenters. The molecule has 3 heteroatoms. The SMILES string of the molecule is c1ccc([Si]2(c3ccccc3)c3ccccc3B3c4ccccc4[Si](c4ccccc4)(c4ccccc4)c4cccc2c43)cc1. The Morgan fingerprint density at radius 3 is 0.911 bits per heavy atom. The molecule has 0 amide bonds. The molecular weight excluding hydrogens is 571 g/mol. The van der Waals surface area contributed by atoms with E-state index in [0.29, 0.717) is 0 Å². The summed E-state index contributed by atoms with van der Waals surface area (Å²) in [6.45, 7) is 0.185. The maximum atomic E-state index is 2.50. The smallest absolute Gasteiger partial charge is 0.0683 e. The second-order valence-electron chi connectivity index (χ2n) is 12.3. The molecule has 0 bridgehead atoms. The highest BCUT2D eigenvalue weighted by atomic mass is 28.3. The average molecular weight is 603 g/mol. The Morgan fingerprint density at radius 2 is 0.556 bits per heavy atom. The highest BCUT2D eigenvalue weighted by Gasteiger charge is 2.57. The Morgan fingerprint density at radius 1 is 0.267 bits per heavy atom. The molecule has 0 saturated heterocycles. The van der Waals surface area contributed by atoms with E-state index in [1.165, 1.54) is 42.0 Å². The minimum absolute atomic E-state index is 0.185. The van der Waals surface area contributed by atoms with Gasteiger partial charge in [-0.1, -0.05) is 204 Å². The fourth-order valence-electron chi connectivity index (χ4n) is 8.81. The Labute approximate surface area is 267 Å². The third-order valence-electron chi connectivity index (χ3n) is 10.4. The molecule has 0 nitrogen and oxygen atoms in total. The van der Waals surface area contributed by atoms with Crippen molar-refractivity contribution >= 4 is 80.7 Å². The lowest BCUT2D eigenvalue weighted by Crippen LogP contribution is -2.95. The van der Waals surface area contributed by atoms with Gasteiger partial charge in [0.2, 0.25) is 6.71 Å². The molecule has 9 rings (SSSR count). The van der Waals surface area contributed by atoms with Crippen molar-refractivity contribution in [1.82, 2.24) is 0 Å². The van der Waals surface area contributed by atoms with Crippen molar-refractivity contribution in [2.75, 3.05) is 0 Å². The van der Waals surface area contributed by atoms with Gasteiger partial charge in [0.15, 0.2) is 16.1 Å². The zero-order valence-corrected chi connectivity index (χ0v) is 27.0. The Kier molecular flexibility index (Phi) is 6.05. The topological polar surface area (TPSA) is 0 Å².